The zero-order valence-electron chi connectivity index (χ0n) is 14.1. The predicted molar refractivity (Wildman–Crippen MR) is 91.7 cm³/mol. The van der Waals surface area contributed by atoms with Crippen molar-refractivity contribution < 1.29 is 9.15 Å². The lowest BCUT2D eigenvalue weighted by atomic mass is 10.1. The average Bonchev–Trinajstić information content (AvgIpc) is 3.04. The van der Waals surface area contributed by atoms with Crippen molar-refractivity contribution in [3.63, 3.8) is 0 Å². The molecule has 0 amide bonds. The van der Waals surface area contributed by atoms with E-state index in [0.29, 0.717) is 30.1 Å². The third-order valence-corrected chi connectivity index (χ3v) is 4.34. The SMILES string of the molecule is Cc1ccccc1-c1nc(C#N)c(NC[C@H](C)N2CCOCC2)o1. The Bertz CT molecular complexity index is 729. The first kappa shape index (κ1) is 16.5. The van der Waals surface area contributed by atoms with Gasteiger partial charge in [-0.3, -0.25) is 4.90 Å². The molecule has 1 N–H and O–H groups in total. The highest BCUT2D eigenvalue weighted by Crippen LogP contribution is 2.27. The molecule has 1 aliphatic rings. The average molecular weight is 326 g/mol. The monoisotopic (exact) mass is 326 g/mol. The van der Waals surface area contributed by atoms with Crippen LogP contribution in [-0.4, -0.2) is 48.8 Å². The van der Waals surface area contributed by atoms with Gasteiger partial charge in [-0.15, -0.1) is 0 Å². The summed E-state index contributed by atoms with van der Waals surface area (Å²) in [5.41, 5.74) is 2.27. The van der Waals surface area contributed by atoms with E-state index < -0.39 is 0 Å². The van der Waals surface area contributed by atoms with Crippen LogP contribution in [0.5, 0.6) is 0 Å². The smallest absolute Gasteiger partial charge is 0.232 e. The lowest BCUT2D eigenvalue weighted by Gasteiger charge is -2.32. The molecule has 126 valence electrons. The maximum Gasteiger partial charge on any atom is 0.232 e. The molecule has 0 unspecified atom stereocenters. The molecule has 6 nitrogen and oxygen atoms in total. The largest absolute Gasteiger partial charge is 0.419 e. The Morgan fingerprint density at radius 3 is 2.79 bits per heavy atom. The number of morpholine rings is 1. The Balaban J connectivity index is 1.72. The molecule has 1 saturated heterocycles. The third kappa shape index (κ3) is 3.58. The van der Waals surface area contributed by atoms with E-state index in [1.165, 1.54) is 0 Å². The van der Waals surface area contributed by atoms with Crippen molar-refractivity contribution in [2.45, 2.75) is 19.9 Å². The van der Waals surface area contributed by atoms with Crippen LogP contribution < -0.4 is 5.32 Å². The maximum atomic E-state index is 9.32. The molecule has 0 aliphatic carbocycles. The topological polar surface area (TPSA) is 74.3 Å². The molecule has 6 heteroatoms. The highest BCUT2D eigenvalue weighted by molar-refractivity contribution is 5.62. The van der Waals surface area contributed by atoms with Gasteiger partial charge in [0, 0.05) is 31.2 Å². The van der Waals surface area contributed by atoms with Gasteiger partial charge in [-0.05, 0) is 25.5 Å². The molecular weight excluding hydrogens is 304 g/mol. The van der Waals surface area contributed by atoms with E-state index in [4.69, 9.17) is 9.15 Å². The van der Waals surface area contributed by atoms with E-state index in [9.17, 15) is 5.26 Å². The molecule has 0 bridgehead atoms. The molecule has 0 radical (unpaired) electrons. The minimum absolute atomic E-state index is 0.294. The first-order chi connectivity index (χ1) is 11.7. The number of anilines is 1. The summed E-state index contributed by atoms with van der Waals surface area (Å²) in [4.78, 5) is 6.69. The van der Waals surface area contributed by atoms with Gasteiger partial charge in [-0.25, -0.2) is 0 Å². The summed E-state index contributed by atoms with van der Waals surface area (Å²) in [6, 6.07) is 10.3. The number of benzene rings is 1. The summed E-state index contributed by atoms with van der Waals surface area (Å²) in [6.45, 7) is 8.25. The number of hydrogen-bond acceptors (Lipinski definition) is 6. The fourth-order valence-corrected chi connectivity index (χ4v) is 2.83. The summed E-state index contributed by atoms with van der Waals surface area (Å²) >= 11 is 0. The first-order valence-electron chi connectivity index (χ1n) is 8.21. The summed E-state index contributed by atoms with van der Waals surface area (Å²) in [7, 11) is 0. The lowest BCUT2D eigenvalue weighted by molar-refractivity contribution is 0.0226. The number of oxazole rings is 1. The fraction of sp³-hybridized carbons (Fsp3) is 0.444. The molecule has 0 saturated carbocycles. The van der Waals surface area contributed by atoms with Crippen molar-refractivity contribution in [1.29, 1.82) is 5.26 Å². The summed E-state index contributed by atoms with van der Waals surface area (Å²) in [6.07, 6.45) is 0. The second-order valence-corrected chi connectivity index (χ2v) is 6.00. The van der Waals surface area contributed by atoms with Gasteiger partial charge in [0.15, 0.2) is 0 Å². The van der Waals surface area contributed by atoms with Gasteiger partial charge in [0.05, 0.1) is 13.2 Å². The quantitative estimate of drug-likeness (QED) is 0.910. The van der Waals surface area contributed by atoms with Crippen LogP contribution >= 0.6 is 0 Å². The van der Waals surface area contributed by atoms with Gasteiger partial charge in [0.2, 0.25) is 17.5 Å². The van der Waals surface area contributed by atoms with E-state index >= 15 is 0 Å². The second kappa shape index (κ2) is 7.47. The lowest BCUT2D eigenvalue weighted by Crippen LogP contribution is -2.45. The van der Waals surface area contributed by atoms with Gasteiger partial charge < -0.3 is 14.5 Å². The molecular formula is C18H22N4O2. The van der Waals surface area contributed by atoms with Crippen LogP contribution in [0.4, 0.5) is 5.88 Å². The van der Waals surface area contributed by atoms with Crippen molar-refractivity contribution in [3.05, 3.63) is 35.5 Å². The number of nitrogens with one attached hydrogen (secondary N) is 1. The zero-order chi connectivity index (χ0) is 16.9. The van der Waals surface area contributed by atoms with Crippen LogP contribution in [0.15, 0.2) is 28.7 Å². The minimum atomic E-state index is 0.294. The molecule has 1 atom stereocenters. The van der Waals surface area contributed by atoms with Gasteiger partial charge >= 0.3 is 0 Å². The van der Waals surface area contributed by atoms with Crippen molar-refractivity contribution >= 4 is 5.88 Å². The fourth-order valence-electron chi connectivity index (χ4n) is 2.83. The van der Waals surface area contributed by atoms with Gasteiger partial charge in [0.25, 0.3) is 0 Å². The van der Waals surface area contributed by atoms with Crippen LogP contribution in [0.3, 0.4) is 0 Å². The molecule has 1 aromatic heterocycles. The van der Waals surface area contributed by atoms with E-state index in [2.05, 4.69) is 28.2 Å². The van der Waals surface area contributed by atoms with Gasteiger partial charge in [-0.2, -0.15) is 10.2 Å². The number of aryl methyl sites for hydroxylation is 1. The van der Waals surface area contributed by atoms with Crippen LogP contribution in [0.2, 0.25) is 0 Å². The summed E-state index contributed by atoms with van der Waals surface area (Å²) < 4.78 is 11.2. The maximum absolute atomic E-state index is 9.32. The molecule has 1 aliphatic heterocycles. The summed E-state index contributed by atoms with van der Waals surface area (Å²) in [5.74, 6) is 0.919. The predicted octanol–water partition coefficient (Wildman–Crippen LogP) is 2.65. The van der Waals surface area contributed by atoms with Gasteiger partial charge in [0.1, 0.15) is 6.07 Å². The second-order valence-electron chi connectivity index (χ2n) is 6.00. The van der Waals surface area contributed by atoms with Crippen molar-refractivity contribution in [3.8, 4) is 17.5 Å². The number of nitriles is 1. The number of hydrogen-bond donors (Lipinski definition) is 1. The molecule has 2 heterocycles. The van der Waals surface area contributed by atoms with Crippen LogP contribution in [-0.2, 0) is 4.74 Å². The normalized spacial score (nSPS) is 16.5. The van der Waals surface area contributed by atoms with Crippen LogP contribution in [0, 0.1) is 18.3 Å². The number of rotatable bonds is 5. The van der Waals surface area contributed by atoms with Gasteiger partial charge in [-0.1, -0.05) is 18.2 Å². The Labute approximate surface area is 142 Å². The Hall–Kier alpha value is -2.36. The first-order valence-corrected chi connectivity index (χ1v) is 8.21. The molecule has 1 aromatic carbocycles. The number of nitrogens with zero attached hydrogens (tertiary/aromatic N) is 3. The highest BCUT2D eigenvalue weighted by atomic mass is 16.5. The van der Waals surface area contributed by atoms with E-state index in [0.717, 1.165) is 37.4 Å². The van der Waals surface area contributed by atoms with Crippen molar-refractivity contribution in [2.24, 2.45) is 0 Å². The van der Waals surface area contributed by atoms with E-state index in [1.54, 1.807) is 0 Å². The molecule has 0 spiro atoms. The van der Waals surface area contributed by atoms with Crippen molar-refractivity contribution in [1.82, 2.24) is 9.88 Å². The number of ether oxygens (including phenoxy) is 1. The minimum Gasteiger partial charge on any atom is -0.419 e. The standard InChI is InChI=1S/C18H22N4O2/c1-13-5-3-4-6-15(13)17-21-16(11-19)18(24-17)20-12-14(2)22-7-9-23-10-8-22/h3-6,14,20H,7-10,12H2,1-2H3/t14-/m0/s1. The molecule has 24 heavy (non-hydrogen) atoms. The molecule has 3 rings (SSSR count). The summed E-state index contributed by atoms with van der Waals surface area (Å²) in [5, 5.41) is 12.6. The van der Waals surface area contributed by atoms with Crippen molar-refractivity contribution in [2.75, 3.05) is 38.2 Å². The Morgan fingerprint density at radius 1 is 1.33 bits per heavy atom. The van der Waals surface area contributed by atoms with E-state index in [1.807, 2.05) is 31.2 Å². The van der Waals surface area contributed by atoms with Crippen LogP contribution in [0.1, 0.15) is 18.2 Å². The van der Waals surface area contributed by atoms with Crippen LogP contribution in [0.25, 0.3) is 11.5 Å². The Morgan fingerprint density at radius 2 is 2.08 bits per heavy atom. The Kier molecular flexibility index (Phi) is 5.14. The highest BCUT2D eigenvalue weighted by Gasteiger charge is 2.19. The number of aromatic nitrogens is 1. The van der Waals surface area contributed by atoms with E-state index in [-0.39, 0.29) is 0 Å². The molecule has 2 aromatic rings. The molecule has 1 fully saturated rings. The zero-order valence-corrected chi connectivity index (χ0v) is 14.1. The third-order valence-electron chi connectivity index (χ3n) is 4.34.